The maximum Gasteiger partial charge on any atom is 0.137 e. The van der Waals surface area contributed by atoms with Crippen molar-refractivity contribution in [3.05, 3.63) is 28.8 Å². The second-order valence-electron chi connectivity index (χ2n) is 4.80. The molecule has 0 aromatic heterocycles. The number of methoxy groups -OCH3 is 1. The van der Waals surface area contributed by atoms with Crippen molar-refractivity contribution in [2.24, 2.45) is 11.8 Å². The monoisotopic (exact) mass is 332 g/mol. The number of halogens is 2. The van der Waals surface area contributed by atoms with Crippen LogP contribution in [0.2, 0.25) is 5.02 Å². The molecule has 1 aromatic carbocycles. The van der Waals surface area contributed by atoms with Gasteiger partial charge in [0.1, 0.15) is 5.75 Å². The van der Waals surface area contributed by atoms with Crippen LogP contribution in [0.15, 0.2) is 18.2 Å². The Hall–Kier alpha value is -0.250. The van der Waals surface area contributed by atoms with Crippen molar-refractivity contribution in [3.63, 3.8) is 0 Å². The molecule has 0 radical (unpaired) electrons. The molecule has 0 aliphatic carbocycles. The predicted octanol–water partition coefficient (Wildman–Crippen LogP) is 4.46. The van der Waals surface area contributed by atoms with E-state index < -0.39 is 0 Å². The van der Waals surface area contributed by atoms with Gasteiger partial charge in [0.15, 0.2) is 0 Å². The molecule has 3 unspecified atom stereocenters. The number of alkyl halides is 1. The molecule has 0 bridgehead atoms. The molecule has 1 aromatic rings. The number of ether oxygens (including phenoxy) is 2. The minimum atomic E-state index is 0.319. The summed E-state index contributed by atoms with van der Waals surface area (Å²) in [5, 5.41) is 0.666. The molecule has 2 nitrogen and oxygen atoms in total. The van der Waals surface area contributed by atoms with E-state index in [1.54, 1.807) is 7.11 Å². The second-order valence-corrected chi connectivity index (χ2v) is 6.19. The molecule has 2 rings (SSSR count). The van der Waals surface area contributed by atoms with Gasteiger partial charge in [0.25, 0.3) is 0 Å². The molecule has 0 amide bonds. The van der Waals surface area contributed by atoms with Crippen molar-refractivity contribution >= 4 is 27.5 Å². The topological polar surface area (TPSA) is 18.5 Å². The standard InChI is InChI=1S/C14H18BrClO2/c1-9-8-18-6-5-11(9)14(15)10-3-4-13(17-2)12(16)7-10/h3-4,7,9,11,14H,5-6,8H2,1-2H3. The summed E-state index contributed by atoms with van der Waals surface area (Å²) in [4.78, 5) is 0.319. The van der Waals surface area contributed by atoms with Gasteiger partial charge in [-0.3, -0.25) is 0 Å². The molecule has 3 atom stereocenters. The molecule has 100 valence electrons. The minimum Gasteiger partial charge on any atom is -0.495 e. The molecule has 1 fully saturated rings. The van der Waals surface area contributed by atoms with E-state index in [9.17, 15) is 0 Å². The van der Waals surface area contributed by atoms with Gasteiger partial charge in [0.05, 0.1) is 12.1 Å². The molecule has 1 aliphatic rings. The third-order valence-corrected chi connectivity index (χ3v) is 5.08. The van der Waals surface area contributed by atoms with Crippen LogP contribution in [0, 0.1) is 11.8 Å². The lowest BCUT2D eigenvalue weighted by molar-refractivity contribution is 0.0241. The van der Waals surface area contributed by atoms with Gasteiger partial charge in [0, 0.05) is 18.0 Å². The van der Waals surface area contributed by atoms with Crippen LogP contribution < -0.4 is 4.74 Å². The van der Waals surface area contributed by atoms with Crippen LogP contribution >= 0.6 is 27.5 Å². The summed E-state index contributed by atoms with van der Waals surface area (Å²) in [6.45, 7) is 3.93. The van der Waals surface area contributed by atoms with Crippen LogP contribution in [0.5, 0.6) is 5.75 Å². The Bertz CT molecular complexity index is 411. The molecule has 0 spiro atoms. The minimum absolute atomic E-state index is 0.319. The zero-order valence-electron chi connectivity index (χ0n) is 10.7. The van der Waals surface area contributed by atoms with Crippen LogP contribution in [0.3, 0.4) is 0 Å². The zero-order chi connectivity index (χ0) is 13.1. The smallest absolute Gasteiger partial charge is 0.137 e. The fraction of sp³-hybridized carbons (Fsp3) is 0.571. The highest BCUT2D eigenvalue weighted by atomic mass is 79.9. The lowest BCUT2D eigenvalue weighted by Gasteiger charge is -2.32. The lowest BCUT2D eigenvalue weighted by Crippen LogP contribution is -2.28. The van der Waals surface area contributed by atoms with Gasteiger partial charge in [-0.1, -0.05) is 40.5 Å². The van der Waals surface area contributed by atoms with E-state index in [0.717, 1.165) is 25.4 Å². The van der Waals surface area contributed by atoms with Crippen LogP contribution in [0.4, 0.5) is 0 Å². The number of benzene rings is 1. The predicted molar refractivity (Wildman–Crippen MR) is 77.8 cm³/mol. The van der Waals surface area contributed by atoms with Crippen molar-refractivity contribution in [1.29, 1.82) is 0 Å². The van der Waals surface area contributed by atoms with Crippen LogP contribution in [0.1, 0.15) is 23.7 Å². The van der Waals surface area contributed by atoms with E-state index >= 15 is 0 Å². The van der Waals surface area contributed by atoms with Crippen LogP contribution in [0.25, 0.3) is 0 Å². The van der Waals surface area contributed by atoms with E-state index in [1.807, 2.05) is 12.1 Å². The van der Waals surface area contributed by atoms with Gasteiger partial charge in [-0.05, 0) is 36.0 Å². The fourth-order valence-corrected chi connectivity index (χ4v) is 3.77. The molecule has 0 N–H and O–H groups in total. The van der Waals surface area contributed by atoms with E-state index in [2.05, 4.69) is 28.9 Å². The first-order valence-electron chi connectivity index (χ1n) is 6.18. The van der Waals surface area contributed by atoms with Crippen molar-refractivity contribution in [3.8, 4) is 5.75 Å². The Morgan fingerprint density at radius 2 is 2.28 bits per heavy atom. The molecule has 1 heterocycles. The molecule has 0 saturated carbocycles. The second kappa shape index (κ2) is 6.27. The Morgan fingerprint density at radius 1 is 1.50 bits per heavy atom. The highest BCUT2D eigenvalue weighted by Gasteiger charge is 2.29. The third kappa shape index (κ3) is 3.01. The summed E-state index contributed by atoms with van der Waals surface area (Å²) in [6.07, 6.45) is 1.08. The SMILES string of the molecule is COc1ccc(C(Br)C2CCOCC2C)cc1Cl. The maximum absolute atomic E-state index is 6.18. The molecule has 1 aliphatic heterocycles. The lowest BCUT2D eigenvalue weighted by atomic mass is 9.84. The molecular weight excluding hydrogens is 316 g/mol. The average molecular weight is 334 g/mol. The van der Waals surface area contributed by atoms with Gasteiger partial charge in [0.2, 0.25) is 0 Å². The summed E-state index contributed by atoms with van der Waals surface area (Å²) in [5.41, 5.74) is 1.21. The van der Waals surface area contributed by atoms with E-state index in [-0.39, 0.29) is 0 Å². The summed E-state index contributed by atoms with van der Waals surface area (Å²) in [7, 11) is 1.63. The summed E-state index contributed by atoms with van der Waals surface area (Å²) in [6, 6.07) is 5.99. The summed E-state index contributed by atoms with van der Waals surface area (Å²) < 4.78 is 10.7. The first-order valence-corrected chi connectivity index (χ1v) is 7.48. The van der Waals surface area contributed by atoms with Gasteiger partial charge < -0.3 is 9.47 Å². The van der Waals surface area contributed by atoms with Gasteiger partial charge in [-0.25, -0.2) is 0 Å². The van der Waals surface area contributed by atoms with Gasteiger partial charge in [-0.2, -0.15) is 0 Å². The Labute approximate surface area is 122 Å². The van der Waals surface area contributed by atoms with E-state index in [0.29, 0.717) is 21.7 Å². The largest absolute Gasteiger partial charge is 0.495 e. The molecular formula is C14H18BrClO2. The number of rotatable bonds is 3. The molecule has 18 heavy (non-hydrogen) atoms. The average Bonchev–Trinajstić information content (AvgIpc) is 2.38. The Kier molecular flexibility index (Phi) is 4.93. The van der Waals surface area contributed by atoms with Gasteiger partial charge in [-0.15, -0.1) is 0 Å². The summed E-state index contributed by atoms with van der Waals surface area (Å²) in [5.74, 6) is 1.87. The van der Waals surface area contributed by atoms with Crippen molar-refractivity contribution < 1.29 is 9.47 Å². The van der Waals surface area contributed by atoms with Crippen molar-refractivity contribution in [1.82, 2.24) is 0 Å². The highest BCUT2D eigenvalue weighted by Crippen LogP contribution is 2.41. The van der Waals surface area contributed by atoms with Crippen molar-refractivity contribution in [2.45, 2.75) is 18.2 Å². The molecule has 1 saturated heterocycles. The van der Waals surface area contributed by atoms with Gasteiger partial charge >= 0.3 is 0 Å². The Balaban J connectivity index is 2.17. The normalized spacial score (nSPS) is 25.8. The van der Waals surface area contributed by atoms with E-state index in [1.165, 1.54) is 5.56 Å². The third-order valence-electron chi connectivity index (χ3n) is 3.58. The van der Waals surface area contributed by atoms with Crippen molar-refractivity contribution in [2.75, 3.05) is 20.3 Å². The first-order chi connectivity index (χ1) is 8.63. The highest BCUT2D eigenvalue weighted by molar-refractivity contribution is 9.09. The Morgan fingerprint density at radius 3 is 2.89 bits per heavy atom. The number of hydrogen-bond donors (Lipinski definition) is 0. The zero-order valence-corrected chi connectivity index (χ0v) is 13.0. The maximum atomic E-state index is 6.18. The number of hydrogen-bond acceptors (Lipinski definition) is 2. The molecule has 4 heteroatoms. The fourth-order valence-electron chi connectivity index (χ4n) is 2.43. The van der Waals surface area contributed by atoms with Crippen LogP contribution in [-0.2, 0) is 4.74 Å². The van der Waals surface area contributed by atoms with Crippen LogP contribution in [-0.4, -0.2) is 20.3 Å². The van der Waals surface area contributed by atoms with E-state index in [4.69, 9.17) is 21.1 Å². The summed E-state index contributed by atoms with van der Waals surface area (Å²) >= 11 is 9.99. The first kappa shape index (κ1) is 14.2. The quantitative estimate of drug-likeness (QED) is 0.760.